The monoisotopic (exact) mass is 364 g/mol. The van der Waals surface area contributed by atoms with Crippen molar-refractivity contribution in [3.05, 3.63) is 46.5 Å². The molecule has 4 atom stereocenters. The molecule has 2 aromatic carbocycles. The van der Waals surface area contributed by atoms with Gasteiger partial charge in [0.05, 0.1) is 27.8 Å². The molecule has 1 saturated heterocycles. The van der Waals surface area contributed by atoms with Crippen LogP contribution in [0, 0.1) is 33.8 Å². The molecule has 0 spiro atoms. The molecule has 1 heterocycles. The Hall–Kier alpha value is -3.09. The summed E-state index contributed by atoms with van der Waals surface area (Å²) >= 11 is 0. The molecular formula is C20H16N2O5. The van der Waals surface area contributed by atoms with Crippen LogP contribution in [0.15, 0.2) is 36.4 Å². The van der Waals surface area contributed by atoms with Crippen molar-refractivity contribution in [3.8, 4) is 0 Å². The van der Waals surface area contributed by atoms with Crippen LogP contribution in [0.5, 0.6) is 0 Å². The van der Waals surface area contributed by atoms with Gasteiger partial charge in [0, 0.05) is 23.8 Å². The first-order valence-electron chi connectivity index (χ1n) is 9.05. The molecule has 6 rings (SSSR count). The van der Waals surface area contributed by atoms with E-state index in [1.165, 1.54) is 17.0 Å². The maximum Gasteiger partial charge on any atom is 0.277 e. The second-order valence-corrected chi connectivity index (χ2v) is 7.58. The molecule has 3 saturated carbocycles. The Kier molecular flexibility index (Phi) is 3.25. The number of carbonyl (C=O) groups is 3. The molecule has 2 amide bonds. The van der Waals surface area contributed by atoms with Crippen LogP contribution in [0.4, 0.5) is 11.4 Å². The van der Waals surface area contributed by atoms with Gasteiger partial charge in [0.1, 0.15) is 5.78 Å². The third-order valence-electron chi connectivity index (χ3n) is 6.38. The topological polar surface area (TPSA) is 97.6 Å². The molecule has 1 aliphatic heterocycles. The van der Waals surface area contributed by atoms with Crippen molar-refractivity contribution in [3.63, 3.8) is 0 Å². The van der Waals surface area contributed by atoms with Gasteiger partial charge in [-0.1, -0.05) is 18.2 Å². The Bertz CT molecular complexity index is 1050. The summed E-state index contributed by atoms with van der Waals surface area (Å²) in [4.78, 5) is 50.6. The predicted molar refractivity (Wildman–Crippen MR) is 95.9 cm³/mol. The molecule has 0 aromatic heterocycles. The molecule has 7 nitrogen and oxygen atoms in total. The van der Waals surface area contributed by atoms with E-state index in [1.807, 2.05) is 0 Å². The highest BCUT2D eigenvalue weighted by Gasteiger charge is 2.61. The van der Waals surface area contributed by atoms with E-state index in [0.29, 0.717) is 29.3 Å². The quantitative estimate of drug-likeness (QED) is 0.464. The number of rotatable bonds is 2. The van der Waals surface area contributed by atoms with E-state index >= 15 is 0 Å². The number of anilines is 1. The van der Waals surface area contributed by atoms with Crippen LogP contribution in [0.25, 0.3) is 10.8 Å². The highest BCUT2D eigenvalue weighted by Crippen LogP contribution is 2.52. The first-order valence-corrected chi connectivity index (χ1v) is 9.05. The van der Waals surface area contributed by atoms with Crippen molar-refractivity contribution in [1.82, 2.24) is 0 Å². The van der Waals surface area contributed by atoms with E-state index in [1.54, 1.807) is 24.3 Å². The summed E-state index contributed by atoms with van der Waals surface area (Å²) in [5, 5.41) is 12.2. The fourth-order valence-corrected chi connectivity index (χ4v) is 5.24. The van der Waals surface area contributed by atoms with Crippen LogP contribution in [0.3, 0.4) is 0 Å². The van der Waals surface area contributed by atoms with E-state index in [2.05, 4.69) is 0 Å². The summed E-state index contributed by atoms with van der Waals surface area (Å²) in [6.45, 7) is 0. The fraction of sp³-hybridized carbons (Fsp3) is 0.350. The smallest absolute Gasteiger partial charge is 0.277 e. The third-order valence-corrected chi connectivity index (χ3v) is 6.38. The Labute approximate surface area is 154 Å². The summed E-state index contributed by atoms with van der Waals surface area (Å²) in [7, 11) is 0. The predicted octanol–water partition coefficient (Wildman–Crippen LogP) is 2.85. The number of benzene rings is 2. The molecule has 7 heteroatoms. The lowest BCUT2D eigenvalue weighted by molar-refractivity contribution is -0.383. The van der Waals surface area contributed by atoms with E-state index in [-0.39, 0.29) is 35.1 Å². The van der Waals surface area contributed by atoms with Gasteiger partial charge in [0.25, 0.3) is 5.69 Å². The van der Waals surface area contributed by atoms with Crippen molar-refractivity contribution in [2.45, 2.75) is 19.3 Å². The van der Waals surface area contributed by atoms with Gasteiger partial charge >= 0.3 is 0 Å². The van der Waals surface area contributed by atoms with E-state index in [0.717, 1.165) is 6.42 Å². The van der Waals surface area contributed by atoms with Crippen LogP contribution < -0.4 is 4.90 Å². The van der Waals surface area contributed by atoms with Crippen LogP contribution in [0.1, 0.15) is 19.3 Å². The average Bonchev–Trinajstić information content (AvgIpc) is 2.93. The van der Waals surface area contributed by atoms with Crippen LogP contribution >= 0.6 is 0 Å². The number of Topliss-reactive ketones (excluding diaryl/α,β-unsaturated/α-hetero) is 1. The summed E-state index contributed by atoms with van der Waals surface area (Å²) in [6.07, 6.45) is 1.84. The lowest BCUT2D eigenvalue weighted by Gasteiger charge is -2.41. The van der Waals surface area contributed by atoms with Crippen molar-refractivity contribution in [1.29, 1.82) is 0 Å². The standard InChI is InChI=1S/C20H16N2O5/c23-16-9-10-5-6-13(16)18-17(10)19(24)21(20(18)25)14-7-8-15(22(26)27)12-4-2-1-3-11(12)14/h1-4,7-8,10,13,17-18H,5-6,9H2. The fourth-order valence-electron chi connectivity index (χ4n) is 5.24. The SMILES string of the molecule is O=C1CC2CCC1C1C(=O)N(c3ccc([N+](=O)[O-])c4ccccc34)C(=O)C21. The highest BCUT2D eigenvalue weighted by molar-refractivity contribution is 6.26. The molecule has 136 valence electrons. The lowest BCUT2D eigenvalue weighted by Crippen LogP contribution is -2.46. The molecule has 2 bridgehead atoms. The molecule has 0 radical (unpaired) electrons. The number of amides is 2. The number of carbonyl (C=O) groups excluding carboxylic acids is 3. The number of ketones is 1. The number of imide groups is 1. The maximum atomic E-state index is 13.2. The Morgan fingerprint density at radius 1 is 0.926 bits per heavy atom. The minimum absolute atomic E-state index is 0.0684. The third kappa shape index (κ3) is 2.05. The summed E-state index contributed by atoms with van der Waals surface area (Å²) in [5.74, 6) is -1.99. The zero-order valence-corrected chi connectivity index (χ0v) is 14.3. The number of hydrogen-bond donors (Lipinski definition) is 0. The number of nitro groups is 1. The number of nitrogens with zero attached hydrogens (tertiary/aromatic N) is 2. The molecule has 4 aliphatic rings. The molecule has 4 fully saturated rings. The van der Waals surface area contributed by atoms with Gasteiger partial charge in [-0.15, -0.1) is 0 Å². The Balaban J connectivity index is 1.67. The minimum Gasteiger partial charge on any atom is -0.299 e. The highest BCUT2D eigenvalue weighted by atomic mass is 16.6. The summed E-state index contributed by atoms with van der Waals surface area (Å²) in [6, 6.07) is 9.51. The van der Waals surface area contributed by atoms with Crippen LogP contribution in [-0.4, -0.2) is 22.5 Å². The van der Waals surface area contributed by atoms with Crippen molar-refractivity contribution < 1.29 is 19.3 Å². The van der Waals surface area contributed by atoms with E-state index < -0.39 is 16.8 Å². The number of non-ortho nitro benzene ring substituents is 1. The van der Waals surface area contributed by atoms with Crippen molar-refractivity contribution in [2.75, 3.05) is 4.90 Å². The molecule has 0 N–H and O–H groups in total. The van der Waals surface area contributed by atoms with E-state index in [4.69, 9.17) is 0 Å². The van der Waals surface area contributed by atoms with Crippen LogP contribution in [0.2, 0.25) is 0 Å². The second kappa shape index (κ2) is 5.45. The number of fused-ring (bicyclic) bond motifs is 3. The van der Waals surface area contributed by atoms with Gasteiger partial charge in [-0.3, -0.25) is 24.5 Å². The first-order chi connectivity index (χ1) is 13.0. The first kappa shape index (κ1) is 16.1. The molecule has 4 unspecified atom stereocenters. The van der Waals surface area contributed by atoms with Gasteiger partial charge in [0.2, 0.25) is 11.8 Å². The van der Waals surface area contributed by atoms with E-state index in [9.17, 15) is 24.5 Å². The zero-order valence-electron chi connectivity index (χ0n) is 14.3. The van der Waals surface area contributed by atoms with Gasteiger partial charge < -0.3 is 0 Å². The molecule has 27 heavy (non-hydrogen) atoms. The van der Waals surface area contributed by atoms with Gasteiger partial charge in [-0.05, 0) is 30.9 Å². The largest absolute Gasteiger partial charge is 0.299 e. The lowest BCUT2D eigenvalue weighted by atomic mass is 9.59. The van der Waals surface area contributed by atoms with Crippen molar-refractivity contribution in [2.24, 2.45) is 23.7 Å². The number of nitro benzene ring substituents is 1. The van der Waals surface area contributed by atoms with Gasteiger partial charge in [-0.25, -0.2) is 4.90 Å². The Morgan fingerprint density at radius 3 is 2.33 bits per heavy atom. The molecule has 3 aliphatic carbocycles. The summed E-state index contributed by atoms with van der Waals surface area (Å²) in [5.41, 5.74) is 0.300. The summed E-state index contributed by atoms with van der Waals surface area (Å²) < 4.78 is 0. The molecule has 2 aromatic rings. The zero-order chi connectivity index (χ0) is 18.9. The van der Waals surface area contributed by atoms with Crippen molar-refractivity contribution >= 4 is 39.7 Å². The average molecular weight is 364 g/mol. The van der Waals surface area contributed by atoms with Gasteiger partial charge in [-0.2, -0.15) is 0 Å². The normalized spacial score (nSPS) is 29.5. The van der Waals surface area contributed by atoms with Gasteiger partial charge in [0.15, 0.2) is 0 Å². The number of hydrogen-bond acceptors (Lipinski definition) is 5. The second-order valence-electron chi connectivity index (χ2n) is 7.58. The van der Waals surface area contributed by atoms with Crippen LogP contribution in [-0.2, 0) is 14.4 Å². The maximum absolute atomic E-state index is 13.2. The Morgan fingerprint density at radius 2 is 1.63 bits per heavy atom. The minimum atomic E-state index is -0.577. The molecular weight excluding hydrogens is 348 g/mol.